The molecule has 5 heteroatoms. The molecular formula is C16H16N2OS2. The van der Waals surface area contributed by atoms with Gasteiger partial charge in [0.1, 0.15) is 0 Å². The van der Waals surface area contributed by atoms with Gasteiger partial charge in [0.25, 0.3) is 5.91 Å². The van der Waals surface area contributed by atoms with E-state index in [0.29, 0.717) is 6.42 Å². The average molecular weight is 316 g/mol. The fourth-order valence-corrected chi connectivity index (χ4v) is 4.40. The molecular weight excluding hydrogens is 300 g/mol. The van der Waals surface area contributed by atoms with Crippen molar-refractivity contribution in [2.75, 3.05) is 0 Å². The first-order valence-corrected chi connectivity index (χ1v) is 8.41. The minimum absolute atomic E-state index is 0.0889. The second-order valence-electron chi connectivity index (χ2n) is 5.13. The smallest absolute Gasteiger partial charge is 0.253 e. The first kappa shape index (κ1) is 14.2. The van der Waals surface area contributed by atoms with Crippen LogP contribution in [0.25, 0.3) is 10.2 Å². The van der Waals surface area contributed by atoms with Crippen LogP contribution in [0.5, 0.6) is 0 Å². The van der Waals surface area contributed by atoms with E-state index < -0.39 is 0 Å². The molecule has 0 aliphatic heterocycles. The van der Waals surface area contributed by atoms with Crippen molar-refractivity contribution in [3.05, 3.63) is 50.5 Å². The standard InChI is InChI=1S/C16H16N2OS2/c1-10-7-11(2)15-13(8-10)21-16(18(15)3)17-14(19)9-12-5-4-6-20-12/h4-8H,9H2,1-3H3. The van der Waals surface area contributed by atoms with Crippen LogP contribution in [0.15, 0.2) is 34.6 Å². The molecule has 21 heavy (non-hydrogen) atoms. The second kappa shape index (κ2) is 5.58. The predicted octanol–water partition coefficient (Wildman–Crippen LogP) is 3.59. The zero-order valence-corrected chi connectivity index (χ0v) is 13.8. The van der Waals surface area contributed by atoms with Crippen molar-refractivity contribution in [3.63, 3.8) is 0 Å². The SMILES string of the molecule is Cc1cc(C)c2c(c1)sc(=NC(=O)Cc1cccs1)n2C. The lowest BCUT2D eigenvalue weighted by molar-refractivity contribution is -0.117. The first-order chi connectivity index (χ1) is 10.0. The summed E-state index contributed by atoms with van der Waals surface area (Å²) < 4.78 is 3.19. The number of carbonyl (C=O) groups is 1. The van der Waals surface area contributed by atoms with E-state index in [-0.39, 0.29) is 5.91 Å². The van der Waals surface area contributed by atoms with Gasteiger partial charge in [0.15, 0.2) is 4.80 Å². The number of fused-ring (bicyclic) bond motifs is 1. The topological polar surface area (TPSA) is 34.4 Å². The van der Waals surface area contributed by atoms with Crippen molar-refractivity contribution in [2.45, 2.75) is 20.3 Å². The molecule has 0 atom stereocenters. The molecule has 0 bridgehead atoms. The number of thiazole rings is 1. The van der Waals surface area contributed by atoms with Crippen LogP contribution in [0.3, 0.4) is 0 Å². The van der Waals surface area contributed by atoms with E-state index in [9.17, 15) is 4.79 Å². The fourth-order valence-electron chi connectivity index (χ4n) is 2.50. The van der Waals surface area contributed by atoms with Gasteiger partial charge in [0.2, 0.25) is 0 Å². The molecule has 3 aromatic rings. The highest BCUT2D eigenvalue weighted by Gasteiger charge is 2.08. The lowest BCUT2D eigenvalue weighted by Gasteiger charge is -2.01. The molecule has 3 nitrogen and oxygen atoms in total. The Bertz CT molecular complexity index is 870. The number of carbonyl (C=O) groups excluding carboxylic acids is 1. The fraction of sp³-hybridized carbons (Fsp3) is 0.250. The third-order valence-corrected chi connectivity index (χ3v) is 5.31. The third kappa shape index (κ3) is 2.84. The van der Waals surface area contributed by atoms with Gasteiger partial charge in [0.05, 0.1) is 16.6 Å². The summed E-state index contributed by atoms with van der Waals surface area (Å²) in [6.07, 6.45) is 0.379. The minimum atomic E-state index is -0.0889. The van der Waals surface area contributed by atoms with Crippen molar-refractivity contribution in [2.24, 2.45) is 12.0 Å². The highest BCUT2D eigenvalue weighted by molar-refractivity contribution is 7.16. The Balaban J connectivity index is 2.04. The lowest BCUT2D eigenvalue weighted by Crippen LogP contribution is -2.14. The quantitative estimate of drug-likeness (QED) is 0.711. The van der Waals surface area contributed by atoms with E-state index >= 15 is 0 Å². The first-order valence-electron chi connectivity index (χ1n) is 6.71. The van der Waals surface area contributed by atoms with Gasteiger partial charge < -0.3 is 4.57 Å². The zero-order chi connectivity index (χ0) is 15.0. The van der Waals surface area contributed by atoms with Gasteiger partial charge in [-0.1, -0.05) is 23.5 Å². The molecule has 0 spiro atoms. The van der Waals surface area contributed by atoms with Gasteiger partial charge in [0, 0.05) is 11.9 Å². The van der Waals surface area contributed by atoms with Gasteiger partial charge in [-0.25, -0.2) is 0 Å². The number of thiophene rings is 1. The van der Waals surface area contributed by atoms with Crippen LogP contribution in [-0.2, 0) is 18.3 Å². The summed E-state index contributed by atoms with van der Waals surface area (Å²) in [5, 5.41) is 1.98. The Labute approximate surface area is 131 Å². The van der Waals surface area contributed by atoms with Gasteiger partial charge in [-0.2, -0.15) is 4.99 Å². The van der Waals surface area contributed by atoms with Crippen LogP contribution in [0.2, 0.25) is 0 Å². The number of amides is 1. The van der Waals surface area contributed by atoms with Crippen LogP contribution in [0.4, 0.5) is 0 Å². The Morgan fingerprint density at radius 3 is 2.86 bits per heavy atom. The monoisotopic (exact) mass is 316 g/mol. The molecule has 0 N–H and O–H groups in total. The highest BCUT2D eigenvalue weighted by Crippen LogP contribution is 2.22. The molecule has 0 aliphatic rings. The summed E-state index contributed by atoms with van der Waals surface area (Å²) in [5.74, 6) is -0.0889. The lowest BCUT2D eigenvalue weighted by atomic mass is 10.1. The molecule has 2 heterocycles. The maximum Gasteiger partial charge on any atom is 0.253 e. The number of rotatable bonds is 2. The molecule has 0 fully saturated rings. The van der Waals surface area contributed by atoms with Gasteiger partial charge in [-0.3, -0.25) is 4.79 Å². The van der Waals surface area contributed by atoms with E-state index in [1.54, 1.807) is 22.7 Å². The summed E-state index contributed by atoms with van der Waals surface area (Å²) in [6.45, 7) is 4.18. The molecule has 0 saturated heterocycles. The summed E-state index contributed by atoms with van der Waals surface area (Å²) in [6, 6.07) is 8.23. The molecule has 0 unspecified atom stereocenters. The number of nitrogens with zero attached hydrogens (tertiary/aromatic N) is 2. The van der Waals surface area contributed by atoms with Crippen LogP contribution in [-0.4, -0.2) is 10.5 Å². The van der Waals surface area contributed by atoms with E-state index in [4.69, 9.17) is 0 Å². The largest absolute Gasteiger partial charge is 0.319 e. The average Bonchev–Trinajstić information content (AvgIpc) is 2.98. The molecule has 1 amide bonds. The zero-order valence-electron chi connectivity index (χ0n) is 12.2. The second-order valence-corrected chi connectivity index (χ2v) is 7.18. The van der Waals surface area contributed by atoms with Gasteiger partial charge in [-0.05, 0) is 42.5 Å². The third-order valence-electron chi connectivity index (χ3n) is 3.36. The molecule has 0 saturated carbocycles. The number of hydrogen-bond donors (Lipinski definition) is 0. The minimum Gasteiger partial charge on any atom is -0.319 e. The van der Waals surface area contributed by atoms with E-state index in [1.807, 2.05) is 29.1 Å². The Hall–Kier alpha value is -1.72. The van der Waals surface area contributed by atoms with Crippen LogP contribution in [0.1, 0.15) is 16.0 Å². The number of hydrogen-bond acceptors (Lipinski definition) is 3. The molecule has 0 aliphatic carbocycles. The predicted molar refractivity (Wildman–Crippen MR) is 88.9 cm³/mol. The Kier molecular flexibility index (Phi) is 3.78. The molecule has 3 rings (SSSR count). The summed E-state index contributed by atoms with van der Waals surface area (Å²) in [4.78, 5) is 18.2. The van der Waals surface area contributed by atoms with Crippen molar-refractivity contribution < 1.29 is 4.79 Å². The molecule has 108 valence electrons. The van der Waals surface area contributed by atoms with E-state index in [0.717, 1.165) is 15.2 Å². The number of aromatic nitrogens is 1. The Morgan fingerprint density at radius 1 is 1.33 bits per heavy atom. The van der Waals surface area contributed by atoms with Crippen LogP contribution in [0, 0.1) is 13.8 Å². The maximum absolute atomic E-state index is 12.1. The normalized spacial score (nSPS) is 12.2. The number of benzene rings is 1. The molecule has 2 aromatic heterocycles. The van der Waals surface area contributed by atoms with Crippen molar-refractivity contribution >= 4 is 38.8 Å². The summed E-state index contributed by atoms with van der Waals surface area (Å²) in [7, 11) is 1.97. The van der Waals surface area contributed by atoms with Crippen molar-refractivity contribution in [3.8, 4) is 0 Å². The van der Waals surface area contributed by atoms with E-state index in [1.165, 1.54) is 15.8 Å². The van der Waals surface area contributed by atoms with Crippen molar-refractivity contribution in [1.29, 1.82) is 0 Å². The van der Waals surface area contributed by atoms with Crippen LogP contribution < -0.4 is 4.80 Å². The summed E-state index contributed by atoms with van der Waals surface area (Å²) >= 11 is 3.16. The van der Waals surface area contributed by atoms with E-state index in [2.05, 4.69) is 31.0 Å². The molecule has 1 aromatic carbocycles. The Morgan fingerprint density at radius 2 is 2.14 bits per heavy atom. The number of aryl methyl sites for hydroxylation is 3. The molecule has 0 radical (unpaired) electrons. The highest BCUT2D eigenvalue weighted by atomic mass is 32.1. The summed E-state index contributed by atoms with van der Waals surface area (Å²) in [5.41, 5.74) is 3.61. The van der Waals surface area contributed by atoms with Gasteiger partial charge in [-0.15, -0.1) is 11.3 Å². The van der Waals surface area contributed by atoms with Crippen molar-refractivity contribution in [1.82, 2.24) is 4.57 Å². The van der Waals surface area contributed by atoms with Gasteiger partial charge >= 0.3 is 0 Å². The van der Waals surface area contributed by atoms with Crippen LogP contribution >= 0.6 is 22.7 Å². The maximum atomic E-state index is 12.1.